The molecule has 0 amide bonds. The van der Waals surface area contributed by atoms with Crippen LogP contribution >= 0.6 is 11.8 Å². The highest BCUT2D eigenvalue weighted by molar-refractivity contribution is 8.01. The smallest absolute Gasteiger partial charge is 0.343 e. The number of aliphatic hydroxyl groups excluding tert-OH is 2. The topological polar surface area (TPSA) is 141 Å². The van der Waals surface area contributed by atoms with Gasteiger partial charge < -0.3 is 25.2 Å². The van der Waals surface area contributed by atoms with E-state index in [1.807, 2.05) is 0 Å². The summed E-state index contributed by atoms with van der Waals surface area (Å²) in [7, 11) is 1.35. The first-order chi connectivity index (χ1) is 7.22. The fourth-order valence-electron chi connectivity index (χ4n) is 0.239. The zero-order valence-corrected chi connectivity index (χ0v) is 9.30. The number of aliphatic carboxylic acids is 2. The van der Waals surface area contributed by atoms with Crippen LogP contribution < -0.4 is 0 Å². The van der Waals surface area contributed by atoms with E-state index in [9.17, 15) is 14.4 Å². The Morgan fingerprint density at radius 1 is 1.06 bits per heavy atom. The summed E-state index contributed by atoms with van der Waals surface area (Å²) in [5.41, 5.74) is -3.83. The minimum atomic E-state index is -1.92. The number of esters is 1. The second-order valence-electron chi connectivity index (χ2n) is 2.21. The van der Waals surface area contributed by atoms with E-state index in [0.717, 1.165) is 0 Å². The van der Waals surface area contributed by atoms with Crippen LogP contribution in [0.15, 0.2) is 0 Å². The predicted molar refractivity (Wildman–Crippen MR) is 52.6 cm³/mol. The first-order valence-corrected chi connectivity index (χ1v) is 4.68. The summed E-state index contributed by atoms with van der Waals surface area (Å²) in [6, 6.07) is 0. The second-order valence-corrected chi connectivity index (χ2v) is 3.38. The largest absolute Gasteiger partial charge is 0.479 e. The maximum absolute atomic E-state index is 9.88. The van der Waals surface area contributed by atoms with Gasteiger partial charge in [0.15, 0.2) is 0 Å². The molecule has 0 spiro atoms. The third kappa shape index (κ3) is 10.8. The van der Waals surface area contributed by atoms with Crippen molar-refractivity contribution in [2.24, 2.45) is 0 Å². The highest BCUT2D eigenvalue weighted by Gasteiger charge is 2.23. The monoisotopic (exact) mass is 256 g/mol. The molecule has 0 aliphatic rings. The molecule has 0 fully saturated rings. The van der Waals surface area contributed by atoms with Gasteiger partial charge in [0, 0.05) is 6.92 Å². The molecule has 0 heterocycles. The van der Waals surface area contributed by atoms with E-state index in [2.05, 4.69) is 4.74 Å². The Labute approximate surface area is 94.8 Å². The normalized spacial score (nSPS) is 12.8. The summed E-state index contributed by atoms with van der Waals surface area (Å²) in [6.45, 7) is 1.36. The Hall–Kier alpha value is -1.32. The lowest BCUT2D eigenvalue weighted by Gasteiger charge is -2.06. The van der Waals surface area contributed by atoms with E-state index in [1.54, 1.807) is 0 Å². The quantitative estimate of drug-likeness (QED) is 0.356. The zero-order valence-electron chi connectivity index (χ0n) is 8.48. The number of rotatable bonds is 4. The minimum Gasteiger partial charge on any atom is -0.479 e. The van der Waals surface area contributed by atoms with Crippen molar-refractivity contribution in [2.45, 2.75) is 17.8 Å². The van der Waals surface area contributed by atoms with Gasteiger partial charge in [-0.1, -0.05) is 11.8 Å². The van der Waals surface area contributed by atoms with Crippen LogP contribution in [0.25, 0.3) is 0 Å². The lowest BCUT2D eigenvalue weighted by atomic mass is 10.7. The summed E-state index contributed by atoms with van der Waals surface area (Å²) in [5, 5.41) is 33.0. The van der Waals surface area contributed by atoms with Gasteiger partial charge in [-0.25, -0.2) is 9.59 Å². The molecular weight excluding hydrogens is 244 g/mol. The molecule has 2 atom stereocenters. The van der Waals surface area contributed by atoms with Crippen molar-refractivity contribution in [3.8, 4) is 0 Å². The van der Waals surface area contributed by atoms with Crippen molar-refractivity contribution >= 4 is 29.7 Å². The fraction of sp³-hybridized carbons (Fsp3) is 0.571. The van der Waals surface area contributed by atoms with E-state index < -0.39 is 22.8 Å². The third-order valence-corrected chi connectivity index (χ3v) is 1.89. The van der Waals surface area contributed by atoms with E-state index in [1.165, 1.54) is 14.0 Å². The highest BCUT2D eigenvalue weighted by Crippen LogP contribution is 2.13. The van der Waals surface area contributed by atoms with Gasteiger partial charge in [0.05, 0.1) is 7.11 Å². The van der Waals surface area contributed by atoms with E-state index in [-0.39, 0.29) is 17.7 Å². The molecule has 8 nitrogen and oxygen atoms in total. The zero-order chi connectivity index (χ0) is 13.3. The number of aliphatic hydroxyl groups is 2. The minimum absolute atomic E-state index is 0.0278. The van der Waals surface area contributed by atoms with Crippen LogP contribution in [0, 0.1) is 0 Å². The number of thioether (sulfide) groups is 1. The Kier molecular flexibility index (Phi) is 9.55. The Balaban J connectivity index is 0. The predicted octanol–water partition coefficient (Wildman–Crippen LogP) is -1.30. The SMILES string of the molecule is COC(C)=O.O=C(O)C(O)SC(O)C(=O)O. The summed E-state index contributed by atoms with van der Waals surface area (Å²) in [4.78, 5) is 29.4. The Bertz CT molecular complexity index is 235. The number of hydrogen-bond acceptors (Lipinski definition) is 7. The molecule has 16 heavy (non-hydrogen) atoms. The van der Waals surface area contributed by atoms with Crippen molar-refractivity contribution in [1.82, 2.24) is 0 Å². The number of carboxylic acid groups (broad SMARTS) is 2. The number of carboxylic acids is 2. The van der Waals surface area contributed by atoms with Crippen molar-refractivity contribution < 1.29 is 39.5 Å². The maximum atomic E-state index is 9.88. The van der Waals surface area contributed by atoms with Gasteiger partial charge in [0.2, 0.25) is 10.9 Å². The van der Waals surface area contributed by atoms with Crippen LogP contribution in [0.5, 0.6) is 0 Å². The van der Waals surface area contributed by atoms with Gasteiger partial charge in [-0.15, -0.1) is 0 Å². The molecule has 0 aliphatic heterocycles. The molecule has 0 aromatic carbocycles. The lowest BCUT2D eigenvalue weighted by Crippen LogP contribution is -2.24. The number of ether oxygens (including phenoxy) is 1. The third-order valence-electron chi connectivity index (χ3n) is 0.968. The van der Waals surface area contributed by atoms with Gasteiger partial charge in [-0.2, -0.15) is 0 Å². The molecule has 4 N–H and O–H groups in total. The molecule has 0 saturated carbocycles. The van der Waals surface area contributed by atoms with Crippen molar-refractivity contribution in [1.29, 1.82) is 0 Å². The first kappa shape index (κ1) is 17.1. The summed E-state index contributed by atoms with van der Waals surface area (Å²) < 4.78 is 4.11. The van der Waals surface area contributed by atoms with Crippen LogP contribution in [0.4, 0.5) is 0 Å². The summed E-state index contributed by atoms with van der Waals surface area (Å²) in [5.74, 6) is -3.42. The molecule has 0 aromatic heterocycles. The van der Waals surface area contributed by atoms with Crippen molar-refractivity contribution in [2.75, 3.05) is 7.11 Å². The van der Waals surface area contributed by atoms with E-state index in [0.29, 0.717) is 0 Å². The summed E-state index contributed by atoms with van der Waals surface area (Å²) in [6.07, 6.45) is 0. The van der Waals surface area contributed by atoms with Crippen LogP contribution in [0.3, 0.4) is 0 Å². The van der Waals surface area contributed by atoms with Crippen LogP contribution in [0.2, 0.25) is 0 Å². The van der Waals surface area contributed by atoms with Gasteiger partial charge in [-0.05, 0) is 0 Å². The van der Waals surface area contributed by atoms with Crippen LogP contribution in [0.1, 0.15) is 6.92 Å². The number of methoxy groups -OCH3 is 1. The molecule has 0 rings (SSSR count). The molecule has 0 aliphatic carbocycles. The average Bonchev–Trinajstić information content (AvgIpc) is 2.18. The van der Waals surface area contributed by atoms with Gasteiger partial charge >= 0.3 is 17.9 Å². The molecular formula is C7H12O8S. The van der Waals surface area contributed by atoms with Crippen molar-refractivity contribution in [3.63, 3.8) is 0 Å². The van der Waals surface area contributed by atoms with Gasteiger partial charge in [-0.3, -0.25) is 4.79 Å². The Morgan fingerprint density at radius 2 is 1.31 bits per heavy atom. The van der Waals surface area contributed by atoms with Gasteiger partial charge in [0.1, 0.15) is 0 Å². The second kappa shape index (κ2) is 8.95. The van der Waals surface area contributed by atoms with Crippen LogP contribution in [-0.4, -0.2) is 56.3 Å². The molecule has 9 heteroatoms. The fourth-order valence-corrected chi connectivity index (χ4v) is 0.716. The standard InChI is InChI=1S/C4H6O6S.C3H6O2/c5-1(6)3(9)11-4(10)2(7)8;1-3(4)5-2/h3-4,9-10H,(H,5,6)(H,7,8);1-2H3. The highest BCUT2D eigenvalue weighted by atomic mass is 32.2. The molecule has 94 valence electrons. The number of hydrogen-bond donors (Lipinski definition) is 4. The van der Waals surface area contributed by atoms with E-state index in [4.69, 9.17) is 20.4 Å². The molecule has 0 saturated heterocycles. The lowest BCUT2D eigenvalue weighted by molar-refractivity contribution is -0.143. The number of carbonyl (C=O) groups excluding carboxylic acids is 1. The molecule has 0 aromatic rings. The average molecular weight is 256 g/mol. The van der Waals surface area contributed by atoms with Gasteiger partial charge in [0.25, 0.3) is 0 Å². The van der Waals surface area contributed by atoms with Crippen LogP contribution in [-0.2, 0) is 19.1 Å². The molecule has 0 bridgehead atoms. The van der Waals surface area contributed by atoms with Crippen molar-refractivity contribution in [3.05, 3.63) is 0 Å². The van der Waals surface area contributed by atoms with E-state index >= 15 is 0 Å². The Morgan fingerprint density at radius 3 is 1.44 bits per heavy atom. The molecule has 2 unspecified atom stereocenters. The molecule has 0 radical (unpaired) electrons. The maximum Gasteiger partial charge on any atom is 0.343 e. The number of carbonyl (C=O) groups is 3. The summed E-state index contributed by atoms with van der Waals surface area (Å²) >= 11 is 0.0278. The first-order valence-electron chi connectivity index (χ1n) is 3.74.